The van der Waals surface area contributed by atoms with Crippen LogP contribution in [0.4, 0.5) is 0 Å². The van der Waals surface area contributed by atoms with Gasteiger partial charge in [-0.05, 0) is 31.4 Å². The van der Waals surface area contributed by atoms with Crippen molar-refractivity contribution in [3.63, 3.8) is 0 Å². The number of hydrogen-bond donors (Lipinski definition) is 1. The van der Waals surface area contributed by atoms with Crippen molar-refractivity contribution in [2.75, 3.05) is 6.54 Å². The summed E-state index contributed by atoms with van der Waals surface area (Å²) >= 11 is 1.78. The van der Waals surface area contributed by atoms with Gasteiger partial charge in [-0.15, -0.1) is 11.3 Å². The van der Waals surface area contributed by atoms with Gasteiger partial charge in [0.15, 0.2) is 0 Å². The maximum Gasteiger partial charge on any atom is 0.238 e. The second kappa shape index (κ2) is 3.57. The first-order valence-electron chi connectivity index (χ1n) is 5.77. The molecule has 2 aliphatic rings. The molecule has 3 rings (SSSR count). The van der Waals surface area contributed by atoms with E-state index < -0.39 is 0 Å². The van der Waals surface area contributed by atoms with E-state index >= 15 is 0 Å². The summed E-state index contributed by atoms with van der Waals surface area (Å²) < 4.78 is 0. The van der Waals surface area contributed by atoms with E-state index in [1.165, 1.54) is 9.75 Å². The van der Waals surface area contributed by atoms with Crippen molar-refractivity contribution in [2.45, 2.75) is 32.5 Å². The average Bonchev–Trinajstić information content (AvgIpc) is 2.65. The predicted molar refractivity (Wildman–Crippen MR) is 64.2 cm³/mol. The van der Waals surface area contributed by atoms with Gasteiger partial charge in [0.2, 0.25) is 5.91 Å². The van der Waals surface area contributed by atoms with E-state index in [1.54, 1.807) is 11.3 Å². The fourth-order valence-corrected chi connectivity index (χ4v) is 3.37. The summed E-state index contributed by atoms with van der Waals surface area (Å²) in [6.07, 6.45) is 1.29. The van der Waals surface area contributed by atoms with Crippen LogP contribution in [0.1, 0.15) is 29.3 Å². The van der Waals surface area contributed by atoms with Crippen molar-refractivity contribution >= 4 is 17.2 Å². The Bertz CT molecular complexity index is 428. The third-order valence-electron chi connectivity index (χ3n) is 3.47. The second-order valence-corrected chi connectivity index (χ2v) is 6.13. The normalized spacial score (nSPS) is 33.5. The SMILES string of the molecule is Cc1ccc(C2NCC(=O)N2C2CC2C)s1. The highest BCUT2D eigenvalue weighted by Gasteiger charge is 2.46. The molecule has 1 amide bonds. The third-order valence-corrected chi connectivity index (χ3v) is 4.52. The number of rotatable bonds is 2. The van der Waals surface area contributed by atoms with Crippen LogP contribution in [0.2, 0.25) is 0 Å². The van der Waals surface area contributed by atoms with Crippen molar-refractivity contribution in [2.24, 2.45) is 5.92 Å². The molecule has 2 heterocycles. The van der Waals surface area contributed by atoms with Crippen molar-refractivity contribution in [3.8, 4) is 0 Å². The largest absolute Gasteiger partial charge is 0.318 e. The van der Waals surface area contributed by atoms with Crippen LogP contribution in [0, 0.1) is 12.8 Å². The molecule has 1 saturated carbocycles. The fourth-order valence-electron chi connectivity index (χ4n) is 2.42. The monoisotopic (exact) mass is 236 g/mol. The van der Waals surface area contributed by atoms with Gasteiger partial charge in [-0.25, -0.2) is 0 Å². The lowest BCUT2D eigenvalue weighted by molar-refractivity contribution is -0.128. The Hall–Kier alpha value is -0.870. The lowest BCUT2D eigenvalue weighted by atomic mass is 10.3. The van der Waals surface area contributed by atoms with Crippen molar-refractivity contribution < 1.29 is 4.79 Å². The Morgan fingerprint density at radius 2 is 2.25 bits per heavy atom. The van der Waals surface area contributed by atoms with E-state index in [0.717, 1.165) is 6.42 Å². The molecule has 1 N–H and O–H groups in total. The van der Waals surface area contributed by atoms with Gasteiger partial charge in [0.1, 0.15) is 6.17 Å². The highest BCUT2D eigenvalue weighted by molar-refractivity contribution is 7.12. The molecule has 0 bridgehead atoms. The van der Waals surface area contributed by atoms with Crippen LogP contribution in [0.25, 0.3) is 0 Å². The molecule has 0 radical (unpaired) electrons. The number of amides is 1. The zero-order valence-electron chi connectivity index (χ0n) is 9.56. The molecule has 86 valence electrons. The molecule has 1 saturated heterocycles. The Balaban J connectivity index is 1.86. The minimum atomic E-state index is 0.126. The van der Waals surface area contributed by atoms with Gasteiger partial charge in [-0.2, -0.15) is 0 Å². The van der Waals surface area contributed by atoms with Crippen LogP contribution >= 0.6 is 11.3 Å². The van der Waals surface area contributed by atoms with Crippen molar-refractivity contribution in [1.29, 1.82) is 0 Å². The van der Waals surface area contributed by atoms with Crippen LogP contribution in [0.3, 0.4) is 0 Å². The van der Waals surface area contributed by atoms with Gasteiger partial charge in [0, 0.05) is 15.8 Å². The molecule has 4 heteroatoms. The predicted octanol–water partition coefficient (Wildman–Crippen LogP) is 1.90. The minimum absolute atomic E-state index is 0.126. The van der Waals surface area contributed by atoms with E-state index in [4.69, 9.17) is 0 Å². The first-order valence-corrected chi connectivity index (χ1v) is 6.59. The Labute approximate surface area is 99.5 Å². The number of thiophene rings is 1. The average molecular weight is 236 g/mol. The molecule has 2 fully saturated rings. The maximum atomic E-state index is 11.9. The molecule has 3 atom stereocenters. The van der Waals surface area contributed by atoms with Gasteiger partial charge in [0.25, 0.3) is 0 Å². The van der Waals surface area contributed by atoms with E-state index in [1.807, 2.05) is 0 Å². The Morgan fingerprint density at radius 1 is 1.50 bits per heavy atom. The number of nitrogens with one attached hydrogen (secondary N) is 1. The van der Waals surface area contributed by atoms with Crippen LogP contribution in [0.15, 0.2) is 12.1 Å². The molecule has 0 aromatic carbocycles. The molecule has 3 nitrogen and oxygen atoms in total. The van der Waals surface area contributed by atoms with Crippen molar-refractivity contribution in [1.82, 2.24) is 10.2 Å². The second-order valence-electron chi connectivity index (χ2n) is 4.81. The van der Waals surface area contributed by atoms with E-state index in [2.05, 4.69) is 36.2 Å². The van der Waals surface area contributed by atoms with Crippen LogP contribution in [-0.2, 0) is 4.79 Å². The summed E-state index contributed by atoms with van der Waals surface area (Å²) in [5.74, 6) is 0.929. The molecule has 3 unspecified atom stereocenters. The first kappa shape index (κ1) is 10.3. The third kappa shape index (κ3) is 1.57. The first-order chi connectivity index (χ1) is 7.66. The molecule has 0 spiro atoms. The van der Waals surface area contributed by atoms with Crippen molar-refractivity contribution in [3.05, 3.63) is 21.9 Å². The maximum absolute atomic E-state index is 11.9. The summed E-state index contributed by atoms with van der Waals surface area (Å²) in [5, 5.41) is 3.31. The quantitative estimate of drug-likeness (QED) is 0.850. The number of hydrogen-bond acceptors (Lipinski definition) is 3. The summed E-state index contributed by atoms with van der Waals surface area (Å²) in [4.78, 5) is 16.5. The molecule has 1 aliphatic carbocycles. The number of carbonyl (C=O) groups excluding carboxylic acids is 1. The molecule has 1 aromatic rings. The van der Waals surface area contributed by atoms with Crippen LogP contribution < -0.4 is 5.32 Å². The van der Waals surface area contributed by atoms with E-state index in [9.17, 15) is 4.79 Å². The smallest absolute Gasteiger partial charge is 0.238 e. The molecule has 16 heavy (non-hydrogen) atoms. The Kier molecular flexibility index (Phi) is 2.30. The molecular weight excluding hydrogens is 220 g/mol. The Morgan fingerprint density at radius 3 is 2.81 bits per heavy atom. The van der Waals surface area contributed by atoms with Gasteiger partial charge in [0.05, 0.1) is 6.54 Å². The zero-order valence-corrected chi connectivity index (χ0v) is 10.4. The van der Waals surface area contributed by atoms with Gasteiger partial charge < -0.3 is 4.90 Å². The fraction of sp³-hybridized carbons (Fsp3) is 0.583. The number of aryl methyl sites for hydroxylation is 1. The number of nitrogens with zero attached hydrogens (tertiary/aromatic N) is 1. The van der Waals surface area contributed by atoms with E-state index in [0.29, 0.717) is 18.5 Å². The minimum Gasteiger partial charge on any atom is -0.318 e. The highest BCUT2D eigenvalue weighted by atomic mass is 32.1. The van der Waals surface area contributed by atoms with Gasteiger partial charge >= 0.3 is 0 Å². The molecular formula is C12H16N2OS. The lowest BCUT2D eigenvalue weighted by Gasteiger charge is -2.23. The standard InChI is InChI=1S/C12H16N2OS/c1-7-5-9(7)14-11(15)6-13-12(14)10-4-3-8(2)16-10/h3-4,7,9,12-13H,5-6H2,1-2H3. The summed E-state index contributed by atoms with van der Waals surface area (Å²) in [6, 6.07) is 4.73. The van der Waals surface area contributed by atoms with Gasteiger partial charge in [-0.3, -0.25) is 10.1 Å². The number of carbonyl (C=O) groups is 1. The van der Waals surface area contributed by atoms with Crippen LogP contribution in [0.5, 0.6) is 0 Å². The highest BCUT2D eigenvalue weighted by Crippen LogP contribution is 2.41. The summed E-state index contributed by atoms with van der Waals surface area (Å²) in [7, 11) is 0. The molecule has 1 aromatic heterocycles. The van der Waals surface area contributed by atoms with E-state index in [-0.39, 0.29) is 12.1 Å². The van der Waals surface area contributed by atoms with Crippen LogP contribution in [-0.4, -0.2) is 23.4 Å². The molecule has 1 aliphatic heterocycles. The topological polar surface area (TPSA) is 32.3 Å². The summed E-state index contributed by atoms with van der Waals surface area (Å²) in [5.41, 5.74) is 0. The lowest BCUT2D eigenvalue weighted by Crippen LogP contribution is -2.32. The van der Waals surface area contributed by atoms with Gasteiger partial charge in [-0.1, -0.05) is 6.92 Å². The zero-order chi connectivity index (χ0) is 11.3. The summed E-state index contributed by atoms with van der Waals surface area (Å²) in [6.45, 7) is 4.81.